The molecule has 8 nitrogen and oxygen atoms in total. The predicted molar refractivity (Wildman–Crippen MR) is 104 cm³/mol. The zero-order valence-electron chi connectivity index (χ0n) is 15.2. The van der Waals surface area contributed by atoms with Crippen LogP contribution in [0.4, 0.5) is 11.8 Å². The van der Waals surface area contributed by atoms with Crippen LogP contribution in [0.5, 0.6) is 5.75 Å². The maximum Gasteiger partial charge on any atom is 0.222 e. The summed E-state index contributed by atoms with van der Waals surface area (Å²) in [7, 11) is -3.21. The average Bonchev–Trinajstić information content (AvgIpc) is 2.60. The first kappa shape index (κ1) is 18.9. The number of nitrogen functional groups attached to an aromatic ring is 1. The van der Waals surface area contributed by atoms with Gasteiger partial charge in [0.1, 0.15) is 11.6 Å². The van der Waals surface area contributed by atoms with Gasteiger partial charge in [-0.15, -0.1) is 0 Å². The Morgan fingerprint density at radius 3 is 2.48 bits per heavy atom. The number of aryl methyl sites for hydroxylation is 1. The topological polar surface area (TPSA) is 113 Å². The quantitative estimate of drug-likeness (QED) is 0.724. The summed E-state index contributed by atoms with van der Waals surface area (Å²) in [6.45, 7) is 3.54. The van der Waals surface area contributed by atoms with E-state index in [1.807, 2.05) is 4.90 Å². The van der Waals surface area contributed by atoms with E-state index >= 15 is 0 Å². The largest absolute Gasteiger partial charge is 0.508 e. The molecule has 2 heterocycles. The molecule has 2 aromatic rings. The van der Waals surface area contributed by atoms with Crippen molar-refractivity contribution in [3.8, 4) is 17.6 Å². The standard InChI is InChI=1S/C18H21N5O3S/c1-13-16(7-6-14-4-3-5-15(24)12-14)17(21-18(19)20-13)22-8-10-23(11-9-22)27(2,25)26/h3-5,12,24H,8-11H2,1-2H3,(H2,19,20,21). The van der Waals surface area contributed by atoms with Gasteiger partial charge in [-0.1, -0.05) is 17.9 Å². The number of phenols is 1. The first-order valence-corrected chi connectivity index (χ1v) is 10.2. The molecular formula is C18H21N5O3S. The van der Waals surface area contributed by atoms with Crippen LogP contribution in [-0.4, -0.2) is 60.2 Å². The Bertz CT molecular complexity index is 1020. The molecule has 1 aliphatic rings. The monoisotopic (exact) mass is 387 g/mol. The number of aromatic nitrogens is 2. The van der Waals surface area contributed by atoms with Crippen molar-refractivity contribution in [1.82, 2.24) is 14.3 Å². The Kier molecular flexibility index (Phi) is 5.21. The lowest BCUT2D eigenvalue weighted by Crippen LogP contribution is -2.48. The molecule has 9 heteroatoms. The Labute approximate surface area is 158 Å². The molecule has 1 aliphatic heterocycles. The highest BCUT2D eigenvalue weighted by molar-refractivity contribution is 7.88. The molecule has 1 aromatic heterocycles. The van der Waals surface area contributed by atoms with Crippen LogP contribution >= 0.6 is 0 Å². The average molecular weight is 387 g/mol. The van der Waals surface area contributed by atoms with Gasteiger partial charge in [-0.05, 0) is 25.1 Å². The molecule has 0 spiro atoms. The first-order chi connectivity index (χ1) is 12.7. The second-order valence-electron chi connectivity index (χ2n) is 6.32. The number of hydrogen-bond donors (Lipinski definition) is 2. The fourth-order valence-corrected chi connectivity index (χ4v) is 3.73. The molecule has 3 N–H and O–H groups in total. The van der Waals surface area contributed by atoms with E-state index in [-0.39, 0.29) is 11.7 Å². The minimum atomic E-state index is -3.21. The van der Waals surface area contributed by atoms with E-state index in [1.165, 1.54) is 10.6 Å². The highest BCUT2D eigenvalue weighted by atomic mass is 32.2. The predicted octanol–water partition coefficient (Wildman–Crippen LogP) is 0.554. The van der Waals surface area contributed by atoms with Crippen molar-refractivity contribution in [2.75, 3.05) is 43.1 Å². The van der Waals surface area contributed by atoms with Crippen molar-refractivity contribution < 1.29 is 13.5 Å². The van der Waals surface area contributed by atoms with E-state index in [4.69, 9.17) is 5.73 Å². The smallest absolute Gasteiger partial charge is 0.222 e. The molecule has 3 rings (SSSR count). The summed E-state index contributed by atoms with van der Waals surface area (Å²) in [5.74, 6) is 6.98. The Morgan fingerprint density at radius 2 is 1.85 bits per heavy atom. The van der Waals surface area contributed by atoms with Gasteiger partial charge in [-0.2, -0.15) is 9.29 Å². The molecule has 0 radical (unpaired) electrons. The number of benzene rings is 1. The maximum absolute atomic E-state index is 11.7. The van der Waals surface area contributed by atoms with Crippen molar-refractivity contribution in [3.63, 3.8) is 0 Å². The molecule has 0 saturated carbocycles. The number of piperazine rings is 1. The minimum absolute atomic E-state index is 0.143. The molecule has 1 saturated heterocycles. The molecule has 0 aliphatic carbocycles. The van der Waals surface area contributed by atoms with Crippen LogP contribution in [0.25, 0.3) is 0 Å². The molecule has 0 bridgehead atoms. The van der Waals surface area contributed by atoms with Crippen molar-refractivity contribution >= 4 is 21.8 Å². The first-order valence-electron chi connectivity index (χ1n) is 8.39. The van der Waals surface area contributed by atoms with Gasteiger partial charge in [0.05, 0.1) is 17.5 Å². The van der Waals surface area contributed by atoms with Crippen molar-refractivity contribution in [2.45, 2.75) is 6.92 Å². The van der Waals surface area contributed by atoms with Gasteiger partial charge in [0.15, 0.2) is 0 Å². The van der Waals surface area contributed by atoms with Crippen LogP contribution in [0, 0.1) is 18.8 Å². The van der Waals surface area contributed by atoms with Gasteiger partial charge in [0.2, 0.25) is 16.0 Å². The lowest BCUT2D eigenvalue weighted by Gasteiger charge is -2.34. The Balaban J connectivity index is 1.93. The summed E-state index contributed by atoms with van der Waals surface area (Å²) in [4.78, 5) is 10.5. The van der Waals surface area contributed by atoms with Gasteiger partial charge in [-0.3, -0.25) is 0 Å². The molecule has 0 atom stereocenters. The van der Waals surface area contributed by atoms with Gasteiger partial charge in [0, 0.05) is 31.7 Å². The van der Waals surface area contributed by atoms with Gasteiger partial charge >= 0.3 is 0 Å². The third-order valence-corrected chi connectivity index (χ3v) is 5.58. The molecule has 1 aromatic carbocycles. The zero-order valence-corrected chi connectivity index (χ0v) is 16.0. The summed E-state index contributed by atoms with van der Waals surface area (Å²) in [5.41, 5.74) is 7.78. The summed E-state index contributed by atoms with van der Waals surface area (Å²) >= 11 is 0. The number of nitrogens with two attached hydrogens (primary N) is 1. The van der Waals surface area contributed by atoms with E-state index < -0.39 is 10.0 Å². The Hall–Kier alpha value is -2.83. The Morgan fingerprint density at radius 1 is 1.15 bits per heavy atom. The lowest BCUT2D eigenvalue weighted by atomic mass is 10.1. The van der Waals surface area contributed by atoms with Crippen LogP contribution in [0.15, 0.2) is 24.3 Å². The van der Waals surface area contributed by atoms with Crippen LogP contribution in [-0.2, 0) is 10.0 Å². The highest BCUT2D eigenvalue weighted by Gasteiger charge is 2.26. The summed E-state index contributed by atoms with van der Waals surface area (Å²) in [6, 6.07) is 6.67. The number of aromatic hydroxyl groups is 1. The maximum atomic E-state index is 11.7. The number of rotatable bonds is 2. The van der Waals surface area contributed by atoms with E-state index in [9.17, 15) is 13.5 Å². The molecule has 0 amide bonds. The fraction of sp³-hybridized carbons (Fsp3) is 0.333. The van der Waals surface area contributed by atoms with Crippen LogP contribution in [0.2, 0.25) is 0 Å². The zero-order chi connectivity index (χ0) is 19.6. The fourth-order valence-electron chi connectivity index (χ4n) is 2.90. The molecule has 0 unspecified atom stereocenters. The molecule has 1 fully saturated rings. The summed E-state index contributed by atoms with van der Waals surface area (Å²) in [5, 5.41) is 9.58. The highest BCUT2D eigenvalue weighted by Crippen LogP contribution is 2.23. The van der Waals surface area contributed by atoms with E-state index in [0.29, 0.717) is 48.8 Å². The molecule has 142 valence electrons. The van der Waals surface area contributed by atoms with E-state index in [2.05, 4.69) is 21.8 Å². The number of anilines is 2. The van der Waals surface area contributed by atoms with Gasteiger partial charge < -0.3 is 15.7 Å². The SMILES string of the molecule is Cc1nc(N)nc(N2CCN(S(C)(=O)=O)CC2)c1C#Cc1cccc(O)c1. The third-order valence-electron chi connectivity index (χ3n) is 4.27. The third kappa shape index (κ3) is 4.48. The lowest BCUT2D eigenvalue weighted by molar-refractivity contribution is 0.387. The number of sulfonamides is 1. The van der Waals surface area contributed by atoms with Gasteiger partial charge in [0.25, 0.3) is 0 Å². The van der Waals surface area contributed by atoms with Crippen LogP contribution in [0.1, 0.15) is 16.8 Å². The van der Waals surface area contributed by atoms with E-state index in [0.717, 1.165) is 0 Å². The van der Waals surface area contributed by atoms with Crippen molar-refractivity contribution in [2.24, 2.45) is 0 Å². The second kappa shape index (κ2) is 7.42. The van der Waals surface area contributed by atoms with Crippen molar-refractivity contribution in [3.05, 3.63) is 41.1 Å². The number of hydrogen-bond acceptors (Lipinski definition) is 7. The van der Waals surface area contributed by atoms with Crippen molar-refractivity contribution in [1.29, 1.82) is 0 Å². The normalized spacial score (nSPS) is 15.3. The molecule has 27 heavy (non-hydrogen) atoms. The summed E-state index contributed by atoms with van der Waals surface area (Å²) < 4.78 is 24.9. The van der Waals surface area contributed by atoms with Gasteiger partial charge in [-0.25, -0.2) is 13.4 Å². The molecular weight excluding hydrogens is 366 g/mol. The van der Waals surface area contributed by atoms with Crippen LogP contribution < -0.4 is 10.6 Å². The number of nitrogens with zero attached hydrogens (tertiary/aromatic N) is 4. The minimum Gasteiger partial charge on any atom is -0.508 e. The van der Waals surface area contributed by atoms with Crippen LogP contribution in [0.3, 0.4) is 0 Å². The van der Waals surface area contributed by atoms with E-state index in [1.54, 1.807) is 31.2 Å². The number of phenolic OH excluding ortho intramolecular Hbond substituents is 1. The second-order valence-corrected chi connectivity index (χ2v) is 8.30. The summed E-state index contributed by atoms with van der Waals surface area (Å²) in [6.07, 6.45) is 1.21.